The Balaban J connectivity index is 2.97. The van der Waals surface area contributed by atoms with Gasteiger partial charge in [-0.15, -0.1) is 0 Å². The summed E-state index contributed by atoms with van der Waals surface area (Å²) in [5, 5.41) is 3.21. The fourth-order valence-corrected chi connectivity index (χ4v) is 1.58. The van der Waals surface area contributed by atoms with Gasteiger partial charge in [-0.2, -0.15) is 0 Å². The molecule has 0 amide bonds. The van der Waals surface area contributed by atoms with E-state index in [1.165, 1.54) is 0 Å². The summed E-state index contributed by atoms with van der Waals surface area (Å²) < 4.78 is 5.12. The van der Waals surface area contributed by atoms with Crippen molar-refractivity contribution in [2.45, 2.75) is 32.7 Å². The van der Waals surface area contributed by atoms with Gasteiger partial charge in [-0.25, -0.2) is 4.79 Å². The summed E-state index contributed by atoms with van der Waals surface area (Å²) in [6.07, 6.45) is 2.63. The first-order valence-electron chi connectivity index (χ1n) is 5.99. The van der Waals surface area contributed by atoms with Crippen molar-refractivity contribution in [3.05, 3.63) is 30.1 Å². The van der Waals surface area contributed by atoms with E-state index in [-0.39, 0.29) is 5.97 Å². The fourth-order valence-electron chi connectivity index (χ4n) is 1.58. The molecule has 4 heteroatoms. The highest BCUT2D eigenvalue weighted by molar-refractivity contribution is 5.81. The van der Waals surface area contributed by atoms with Crippen LogP contribution < -0.4 is 5.32 Å². The molecule has 0 aliphatic carbocycles. The van der Waals surface area contributed by atoms with Gasteiger partial charge < -0.3 is 4.74 Å². The Morgan fingerprint density at radius 2 is 2.24 bits per heavy atom. The number of hydrogen-bond donors (Lipinski definition) is 1. The molecule has 1 aromatic heterocycles. The molecule has 0 fully saturated rings. The molecule has 0 spiro atoms. The van der Waals surface area contributed by atoms with Gasteiger partial charge in [0.2, 0.25) is 0 Å². The van der Waals surface area contributed by atoms with Gasteiger partial charge in [0.15, 0.2) is 5.54 Å². The van der Waals surface area contributed by atoms with Crippen LogP contribution in [-0.4, -0.2) is 24.1 Å². The molecular weight excluding hydrogens is 216 g/mol. The third kappa shape index (κ3) is 3.27. The largest absolute Gasteiger partial charge is 0.464 e. The molecule has 1 N–H and O–H groups in total. The maximum absolute atomic E-state index is 12.0. The van der Waals surface area contributed by atoms with Crippen LogP contribution in [0.1, 0.15) is 32.9 Å². The van der Waals surface area contributed by atoms with E-state index in [1.807, 2.05) is 25.1 Å². The van der Waals surface area contributed by atoms with Crippen molar-refractivity contribution in [1.29, 1.82) is 0 Å². The number of carbonyl (C=O) groups excluding carboxylic acids is 1. The van der Waals surface area contributed by atoms with Gasteiger partial charge in [0.05, 0.1) is 12.3 Å². The number of aromatic nitrogens is 1. The van der Waals surface area contributed by atoms with Crippen molar-refractivity contribution in [3.63, 3.8) is 0 Å². The van der Waals surface area contributed by atoms with Gasteiger partial charge in [-0.05, 0) is 38.9 Å². The average molecular weight is 236 g/mol. The predicted octanol–water partition coefficient (Wildman–Crippen LogP) is 1.86. The van der Waals surface area contributed by atoms with Crippen molar-refractivity contribution in [1.82, 2.24) is 10.3 Å². The number of nitrogens with zero attached hydrogens (tertiary/aromatic N) is 1. The Bertz CT molecular complexity index is 354. The molecule has 0 saturated heterocycles. The quantitative estimate of drug-likeness (QED) is 0.766. The van der Waals surface area contributed by atoms with Crippen molar-refractivity contribution in [3.8, 4) is 0 Å². The second-order valence-corrected chi connectivity index (χ2v) is 3.99. The first kappa shape index (κ1) is 13.6. The number of nitrogens with one attached hydrogen (secondary N) is 1. The number of hydrogen-bond acceptors (Lipinski definition) is 4. The Morgan fingerprint density at radius 1 is 1.47 bits per heavy atom. The molecule has 0 radical (unpaired) electrons. The number of rotatable bonds is 6. The first-order chi connectivity index (χ1) is 8.15. The standard InChI is InChI=1S/C13H20N2O2/c1-4-9-15-13(3,12(16)17-5-2)11-8-6-7-10-14-11/h6-8,10,15H,4-5,9H2,1-3H3. The van der Waals surface area contributed by atoms with E-state index in [2.05, 4.69) is 17.2 Å². The SMILES string of the molecule is CCCNC(C)(C(=O)OCC)c1ccccn1. The molecular formula is C13H20N2O2. The van der Waals surface area contributed by atoms with E-state index in [0.717, 1.165) is 13.0 Å². The van der Waals surface area contributed by atoms with Crippen LogP contribution in [0.5, 0.6) is 0 Å². The van der Waals surface area contributed by atoms with Crippen LogP contribution in [0.25, 0.3) is 0 Å². The van der Waals surface area contributed by atoms with Crippen LogP contribution in [0.3, 0.4) is 0 Å². The van der Waals surface area contributed by atoms with Crippen molar-refractivity contribution >= 4 is 5.97 Å². The number of esters is 1. The van der Waals surface area contributed by atoms with E-state index < -0.39 is 5.54 Å². The fraction of sp³-hybridized carbons (Fsp3) is 0.538. The molecule has 1 atom stereocenters. The Morgan fingerprint density at radius 3 is 2.76 bits per heavy atom. The minimum absolute atomic E-state index is 0.285. The topological polar surface area (TPSA) is 51.2 Å². The normalized spacial score (nSPS) is 14.1. The lowest BCUT2D eigenvalue weighted by molar-refractivity contribution is -0.151. The van der Waals surface area contributed by atoms with Crippen LogP contribution in [0.15, 0.2) is 24.4 Å². The molecule has 94 valence electrons. The molecule has 0 aliphatic heterocycles. The van der Waals surface area contributed by atoms with Crippen LogP contribution in [0.2, 0.25) is 0 Å². The molecule has 1 heterocycles. The molecule has 0 bridgehead atoms. The molecule has 4 nitrogen and oxygen atoms in total. The second kappa shape index (κ2) is 6.35. The zero-order valence-corrected chi connectivity index (χ0v) is 10.7. The minimum Gasteiger partial charge on any atom is -0.464 e. The summed E-state index contributed by atoms with van der Waals surface area (Å²) in [7, 11) is 0. The zero-order valence-electron chi connectivity index (χ0n) is 10.7. The van der Waals surface area contributed by atoms with E-state index in [9.17, 15) is 4.79 Å². The van der Waals surface area contributed by atoms with E-state index in [4.69, 9.17) is 4.74 Å². The van der Waals surface area contributed by atoms with Gasteiger partial charge in [-0.3, -0.25) is 10.3 Å². The molecule has 0 saturated carbocycles. The number of ether oxygens (including phenoxy) is 1. The van der Waals surface area contributed by atoms with Crippen molar-refractivity contribution in [2.75, 3.05) is 13.2 Å². The monoisotopic (exact) mass is 236 g/mol. The van der Waals surface area contributed by atoms with Crippen LogP contribution in [-0.2, 0) is 15.1 Å². The minimum atomic E-state index is -0.868. The highest BCUT2D eigenvalue weighted by Crippen LogP contribution is 2.20. The summed E-state index contributed by atoms with van der Waals surface area (Å²) in [4.78, 5) is 16.3. The van der Waals surface area contributed by atoms with Crippen molar-refractivity contribution in [2.24, 2.45) is 0 Å². The van der Waals surface area contributed by atoms with E-state index in [1.54, 1.807) is 13.1 Å². The zero-order chi connectivity index (χ0) is 12.7. The average Bonchev–Trinajstić information content (AvgIpc) is 2.37. The summed E-state index contributed by atoms with van der Waals surface area (Å²) in [6.45, 7) is 6.78. The maximum Gasteiger partial charge on any atom is 0.332 e. The summed E-state index contributed by atoms with van der Waals surface area (Å²) >= 11 is 0. The van der Waals surface area contributed by atoms with Crippen molar-refractivity contribution < 1.29 is 9.53 Å². The Hall–Kier alpha value is -1.42. The highest BCUT2D eigenvalue weighted by atomic mass is 16.5. The summed E-state index contributed by atoms with van der Waals surface area (Å²) in [6, 6.07) is 5.53. The van der Waals surface area contributed by atoms with Gasteiger partial charge in [0, 0.05) is 6.20 Å². The smallest absolute Gasteiger partial charge is 0.332 e. The Kier molecular flexibility index (Phi) is 5.10. The van der Waals surface area contributed by atoms with Crippen LogP contribution >= 0.6 is 0 Å². The molecule has 1 rings (SSSR count). The maximum atomic E-state index is 12.0. The molecule has 0 aromatic carbocycles. The molecule has 1 aromatic rings. The lowest BCUT2D eigenvalue weighted by atomic mass is 9.97. The lowest BCUT2D eigenvalue weighted by Crippen LogP contribution is -2.48. The lowest BCUT2D eigenvalue weighted by Gasteiger charge is -2.27. The van der Waals surface area contributed by atoms with Gasteiger partial charge >= 0.3 is 5.97 Å². The summed E-state index contributed by atoms with van der Waals surface area (Å²) in [5.74, 6) is -0.285. The van der Waals surface area contributed by atoms with Crippen LogP contribution in [0, 0.1) is 0 Å². The second-order valence-electron chi connectivity index (χ2n) is 3.99. The predicted molar refractivity (Wildman–Crippen MR) is 66.5 cm³/mol. The Labute approximate surface area is 102 Å². The van der Waals surface area contributed by atoms with E-state index in [0.29, 0.717) is 12.3 Å². The molecule has 1 unspecified atom stereocenters. The summed E-state index contributed by atoms with van der Waals surface area (Å²) in [5.41, 5.74) is -0.181. The third-order valence-electron chi connectivity index (χ3n) is 2.59. The molecule has 0 aliphatic rings. The van der Waals surface area contributed by atoms with Crippen LogP contribution in [0.4, 0.5) is 0 Å². The van der Waals surface area contributed by atoms with E-state index >= 15 is 0 Å². The first-order valence-corrected chi connectivity index (χ1v) is 5.99. The molecule has 17 heavy (non-hydrogen) atoms. The number of carbonyl (C=O) groups is 1. The van der Waals surface area contributed by atoms with Gasteiger partial charge in [0.1, 0.15) is 0 Å². The van der Waals surface area contributed by atoms with Gasteiger partial charge in [0.25, 0.3) is 0 Å². The highest BCUT2D eigenvalue weighted by Gasteiger charge is 2.37. The third-order valence-corrected chi connectivity index (χ3v) is 2.59. The van der Waals surface area contributed by atoms with Gasteiger partial charge in [-0.1, -0.05) is 13.0 Å². The number of pyridine rings is 1.